The maximum atomic E-state index is 12.7. The van der Waals surface area contributed by atoms with E-state index in [1.165, 1.54) is 10.5 Å². The topological polar surface area (TPSA) is 52.6 Å². The number of fused-ring (bicyclic) bond motifs is 1. The number of hydrogen-bond donors (Lipinski definition) is 2. The molecule has 0 spiro atoms. The van der Waals surface area contributed by atoms with Gasteiger partial charge in [-0.1, -0.05) is 48.5 Å². The first-order valence-electron chi connectivity index (χ1n) is 8.11. The summed E-state index contributed by atoms with van der Waals surface area (Å²) in [5, 5.41) is 12.6. The second-order valence-corrected chi connectivity index (χ2v) is 7.24. The largest absolute Gasteiger partial charge is 0.394 e. The molecule has 1 aliphatic rings. The van der Waals surface area contributed by atoms with Gasteiger partial charge in [0.1, 0.15) is 6.04 Å². The third kappa shape index (κ3) is 3.98. The predicted molar refractivity (Wildman–Crippen MR) is 96.7 cm³/mol. The lowest BCUT2D eigenvalue weighted by Crippen LogP contribution is -2.50. The molecule has 0 aliphatic carbocycles. The van der Waals surface area contributed by atoms with E-state index in [0.29, 0.717) is 12.8 Å². The molecule has 1 heterocycles. The number of likely N-dealkylation sites (N-methyl/N-ethyl adjacent to an activating group) is 1. The molecule has 0 saturated carbocycles. The number of hydrogen-bond acceptors (Lipinski definition) is 4. The van der Waals surface area contributed by atoms with Crippen molar-refractivity contribution in [2.45, 2.75) is 29.8 Å². The van der Waals surface area contributed by atoms with Gasteiger partial charge in [-0.2, -0.15) is 0 Å². The number of rotatable bonds is 5. The van der Waals surface area contributed by atoms with E-state index in [9.17, 15) is 9.90 Å². The zero-order valence-electron chi connectivity index (χ0n) is 13.7. The summed E-state index contributed by atoms with van der Waals surface area (Å²) >= 11 is 1.60. The lowest BCUT2D eigenvalue weighted by Gasteiger charge is -2.32. The lowest BCUT2D eigenvalue weighted by molar-refractivity contribution is -0.125. The Bertz CT molecular complexity index is 693. The summed E-state index contributed by atoms with van der Waals surface area (Å²) in [7, 11) is 1.94. The molecule has 1 unspecified atom stereocenters. The predicted octanol–water partition coefficient (Wildman–Crippen LogP) is 2.27. The zero-order valence-corrected chi connectivity index (χ0v) is 14.5. The summed E-state index contributed by atoms with van der Waals surface area (Å²) < 4.78 is 1.99. The Hall–Kier alpha value is -1.82. The van der Waals surface area contributed by atoms with Crippen molar-refractivity contribution in [1.29, 1.82) is 0 Å². The molecular formula is C19H22N2O2S. The maximum Gasteiger partial charge on any atom is 0.238 e. The van der Waals surface area contributed by atoms with Crippen molar-refractivity contribution in [2.75, 3.05) is 13.7 Å². The molecule has 0 saturated heterocycles. The highest BCUT2D eigenvalue weighted by Gasteiger charge is 2.30. The quantitative estimate of drug-likeness (QED) is 0.819. The zero-order chi connectivity index (χ0) is 16.9. The van der Waals surface area contributed by atoms with Gasteiger partial charge in [0, 0.05) is 4.90 Å². The van der Waals surface area contributed by atoms with Crippen molar-refractivity contribution in [3.05, 3.63) is 65.7 Å². The number of nitrogens with one attached hydrogen (secondary N) is 1. The number of benzene rings is 2. The first-order valence-corrected chi connectivity index (χ1v) is 8.88. The average Bonchev–Trinajstić information content (AvgIpc) is 2.61. The smallest absolute Gasteiger partial charge is 0.238 e. The normalized spacial score (nSPS) is 18.7. The van der Waals surface area contributed by atoms with E-state index in [1.54, 1.807) is 11.9 Å². The molecule has 4 nitrogen and oxygen atoms in total. The van der Waals surface area contributed by atoms with E-state index in [2.05, 4.69) is 17.4 Å². The van der Waals surface area contributed by atoms with Crippen LogP contribution in [0.25, 0.3) is 0 Å². The van der Waals surface area contributed by atoms with Gasteiger partial charge < -0.3 is 10.4 Å². The molecular weight excluding hydrogens is 320 g/mol. The van der Waals surface area contributed by atoms with Crippen molar-refractivity contribution in [1.82, 2.24) is 9.62 Å². The highest BCUT2D eigenvalue weighted by molar-refractivity contribution is 7.97. The summed E-state index contributed by atoms with van der Waals surface area (Å²) in [5.74, 6) is -0.0329. The molecule has 5 heteroatoms. The van der Waals surface area contributed by atoms with Gasteiger partial charge in [-0.15, -0.1) is 0 Å². The summed E-state index contributed by atoms with van der Waals surface area (Å²) in [6.07, 6.45) is 1.32. The van der Waals surface area contributed by atoms with Gasteiger partial charge >= 0.3 is 0 Å². The van der Waals surface area contributed by atoms with Gasteiger partial charge in [-0.25, -0.2) is 4.31 Å². The fourth-order valence-electron chi connectivity index (χ4n) is 2.93. The SMILES string of the molecule is CN1Sc2ccccc2CC1C(=O)N[C@H](CO)Cc1ccccc1. The Balaban J connectivity index is 1.65. The van der Waals surface area contributed by atoms with Crippen LogP contribution in [0.3, 0.4) is 0 Å². The van der Waals surface area contributed by atoms with Crippen LogP contribution in [0.4, 0.5) is 0 Å². The van der Waals surface area contributed by atoms with Gasteiger partial charge in [-0.05, 0) is 49.0 Å². The molecule has 2 atom stereocenters. The second-order valence-electron chi connectivity index (χ2n) is 6.04. The Morgan fingerprint density at radius 1 is 1.25 bits per heavy atom. The number of carbonyl (C=O) groups is 1. The first kappa shape index (κ1) is 17.0. The van der Waals surface area contributed by atoms with Crippen molar-refractivity contribution in [2.24, 2.45) is 0 Å². The summed E-state index contributed by atoms with van der Waals surface area (Å²) in [6.45, 7) is -0.0687. The maximum absolute atomic E-state index is 12.7. The number of amides is 1. The minimum atomic E-state index is -0.268. The second kappa shape index (κ2) is 7.83. The molecule has 0 bridgehead atoms. The molecule has 0 radical (unpaired) electrons. The molecule has 1 aliphatic heterocycles. The van der Waals surface area contributed by atoms with Crippen molar-refractivity contribution < 1.29 is 9.90 Å². The van der Waals surface area contributed by atoms with Gasteiger partial charge in [0.2, 0.25) is 5.91 Å². The van der Waals surface area contributed by atoms with Crippen LogP contribution >= 0.6 is 11.9 Å². The fraction of sp³-hybridized carbons (Fsp3) is 0.316. The third-order valence-corrected chi connectivity index (χ3v) is 5.40. The van der Waals surface area contributed by atoms with Crippen molar-refractivity contribution in [3.63, 3.8) is 0 Å². The van der Waals surface area contributed by atoms with Gasteiger partial charge in [0.05, 0.1) is 12.6 Å². The van der Waals surface area contributed by atoms with Crippen LogP contribution in [0.5, 0.6) is 0 Å². The van der Waals surface area contributed by atoms with Crippen molar-refractivity contribution in [3.8, 4) is 0 Å². The van der Waals surface area contributed by atoms with E-state index >= 15 is 0 Å². The Morgan fingerprint density at radius 3 is 2.71 bits per heavy atom. The Morgan fingerprint density at radius 2 is 1.96 bits per heavy atom. The standard InChI is InChI=1S/C19H22N2O2S/c1-21-17(12-15-9-5-6-10-18(15)24-21)19(23)20-16(13-22)11-14-7-3-2-4-8-14/h2-10,16-17,22H,11-13H2,1H3,(H,20,23)/t16-,17?/m0/s1. The van der Waals surface area contributed by atoms with E-state index in [-0.39, 0.29) is 24.6 Å². The number of aliphatic hydroxyl groups is 1. The number of nitrogens with zero attached hydrogens (tertiary/aromatic N) is 1. The molecule has 0 aromatic heterocycles. The van der Waals surface area contributed by atoms with Crippen LogP contribution in [0.15, 0.2) is 59.5 Å². The average molecular weight is 342 g/mol. The third-order valence-electron chi connectivity index (χ3n) is 4.26. The van der Waals surface area contributed by atoms with Crippen LogP contribution in [-0.2, 0) is 17.6 Å². The van der Waals surface area contributed by atoms with Crippen molar-refractivity contribution >= 4 is 17.9 Å². The van der Waals surface area contributed by atoms with E-state index in [1.807, 2.05) is 53.8 Å². The van der Waals surface area contributed by atoms with Gasteiger partial charge in [0.25, 0.3) is 0 Å². The van der Waals surface area contributed by atoms with Gasteiger partial charge in [-0.3, -0.25) is 4.79 Å². The molecule has 2 N–H and O–H groups in total. The molecule has 126 valence electrons. The van der Waals surface area contributed by atoms with E-state index in [4.69, 9.17) is 0 Å². The van der Waals surface area contributed by atoms with Gasteiger partial charge in [0.15, 0.2) is 0 Å². The van der Waals surface area contributed by atoms with E-state index in [0.717, 1.165) is 5.56 Å². The molecule has 1 amide bonds. The van der Waals surface area contributed by atoms with Crippen LogP contribution in [-0.4, -0.2) is 41.1 Å². The number of carbonyl (C=O) groups excluding carboxylic acids is 1. The summed E-state index contributed by atoms with van der Waals surface area (Å²) in [4.78, 5) is 13.9. The highest BCUT2D eigenvalue weighted by Crippen LogP contribution is 2.33. The fourth-order valence-corrected chi connectivity index (χ4v) is 3.95. The molecule has 0 fully saturated rings. The minimum Gasteiger partial charge on any atom is -0.394 e. The molecule has 2 aromatic rings. The Labute approximate surface area is 147 Å². The first-order chi connectivity index (χ1) is 11.7. The molecule has 3 rings (SSSR count). The summed E-state index contributed by atoms with van der Waals surface area (Å²) in [6, 6.07) is 17.6. The van der Waals surface area contributed by atoms with Crippen LogP contribution in [0.1, 0.15) is 11.1 Å². The molecule has 24 heavy (non-hydrogen) atoms. The highest BCUT2D eigenvalue weighted by atomic mass is 32.2. The molecule has 2 aromatic carbocycles. The summed E-state index contributed by atoms with van der Waals surface area (Å²) in [5.41, 5.74) is 2.30. The minimum absolute atomic E-state index is 0.0329. The Kier molecular flexibility index (Phi) is 5.56. The van der Waals surface area contributed by atoms with Crippen LogP contribution in [0, 0.1) is 0 Å². The number of aliphatic hydroxyl groups excluding tert-OH is 1. The monoisotopic (exact) mass is 342 g/mol. The van der Waals surface area contributed by atoms with Crippen LogP contribution < -0.4 is 5.32 Å². The van der Waals surface area contributed by atoms with E-state index < -0.39 is 0 Å². The lowest BCUT2D eigenvalue weighted by atomic mass is 10.0. The van der Waals surface area contributed by atoms with Crippen LogP contribution in [0.2, 0.25) is 0 Å².